The number of nitrogens with one attached hydrogen (secondary N) is 2. The summed E-state index contributed by atoms with van der Waals surface area (Å²) in [5.41, 5.74) is -0.779. The van der Waals surface area contributed by atoms with E-state index in [-0.39, 0.29) is 42.9 Å². The molecule has 0 amide bonds. The van der Waals surface area contributed by atoms with Gasteiger partial charge >= 0.3 is 6.18 Å². The van der Waals surface area contributed by atoms with Crippen LogP contribution >= 0.6 is 24.0 Å². The summed E-state index contributed by atoms with van der Waals surface area (Å²) in [4.78, 5) is 6.97. The first-order valence-electron chi connectivity index (χ1n) is 10.6. The van der Waals surface area contributed by atoms with Crippen LogP contribution in [0, 0.1) is 0 Å². The zero-order valence-electron chi connectivity index (χ0n) is 17.7. The molecular formula is C21H32F3IN4O2. The number of aliphatic imine (C=N–C) groups is 1. The highest BCUT2D eigenvalue weighted by Crippen LogP contribution is 2.31. The molecule has 2 fully saturated rings. The molecule has 1 atom stereocenters. The van der Waals surface area contributed by atoms with E-state index in [0.717, 1.165) is 44.1 Å². The molecule has 3 rings (SSSR count). The van der Waals surface area contributed by atoms with Gasteiger partial charge in [-0.2, -0.15) is 13.2 Å². The van der Waals surface area contributed by atoms with Crippen LogP contribution in [0.3, 0.4) is 0 Å². The Balaban J connectivity index is 0.00000341. The van der Waals surface area contributed by atoms with Crippen LogP contribution in [0.25, 0.3) is 0 Å². The number of piperidine rings is 1. The van der Waals surface area contributed by atoms with E-state index in [1.165, 1.54) is 25.0 Å². The van der Waals surface area contributed by atoms with Gasteiger partial charge < -0.3 is 25.4 Å². The lowest BCUT2D eigenvalue weighted by Crippen LogP contribution is -2.49. The van der Waals surface area contributed by atoms with Crippen LogP contribution in [0.1, 0.15) is 38.2 Å². The number of alkyl halides is 3. The summed E-state index contributed by atoms with van der Waals surface area (Å²) in [5.74, 6) is 0.709. The summed E-state index contributed by atoms with van der Waals surface area (Å²) in [6.45, 7) is 4.81. The molecule has 1 aliphatic heterocycles. The molecule has 1 unspecified atom stereocenters. The van der Waals surface area contributed by atoms with Crippen molar-refractivity contribution >= 4 is 29.9 Å². The molecule has 0 radical (unpaired) electrons. The Morgan fingerprint density at radius 3 is 2.58 bits per heavy atom. The minimum absolute atomic E-state index is 0. The summed E-state index contributed by atoms with van der Waals surface area (Å²) >= 11 is 0. The van der Waals surface area contributed by atoms with Crippen molar-refractivity contribution in [3.63, 3.8) is 0 Å². The van der Waals surface area contributed by atoms with Crippen molar-refractivity contribution in [3.8, 4) is 5.75 Å². The summed E-state index contributed by atoms with van der Waals surface area (Å²) in [5, 5.41) is 16.8. The molecule has 10 heteroatoms. The first-order valence-corrected chi connectivity index (χ1v) is 10.6. The number of aliphatic hydroxyl groups is 1. The van der Waals surface area contributed by atoms with Gasteiger partial charge in [-0.25, -0.2) is 0 Å². The van der Waals surface area contributed by atoms with Gasteiger partial charge in [-0.3, -0.25) is 4.99 Å². The second-order valence-electron chi connectivity index (χ2n) is 7.90. The molecule has 0 spiro atoms. The molecule has 1 saturated heterocycles. The number of halogens is 4. The first-order chi connectivity index (χ1) is 14.3. The van der Waals surface area contributed by atoms with Gasteiger partial charge in [0.05, 0.1) is 12.1 Å². The van der Waals surface area contributed by atoms with Crippen LogP contribution in [0.5, 0.6) is 5.75 Å². The molecule has 1 aromatic rings. The SMILES string of the molecule is CCNC(=NCC(O)COc1cccc(C(F)(F)F)c1)NC1CCN(C2CC2)CC1.I. The predicted molar refractivity (Wildman–Crippen MR) is 125 cm³/mol. The Morgan fingerprint density at radius 2 is 1.97 bits per heavy atom. The Bertz CT molecular complexity index is 708. The number of benzene rings is 1. The molecule has 31 heavy (non-hydrogen) atoms. The third-order valence-corrected chi connectivity index (χ3v) is 5.34. The zero-order chi connectivity index (χ0) is 21.6. The second-order valence-corrected chi connectivity index (χ2v) is 7.90. The third kappa shape index (κ3) is 8.64. The van der Waals surface area contributed by atoms with Crippen LogP contribution < -0.4 is 15.4 Å². The normalized spacial score (nSPS) is 19.5. The summed E-state index contributed by atoms with van der Waals surface area (Å²) in [6, 6.07) is 5.76. The number of nitrogens with zero attached hydrogens (tertiary/aromatic N) is 2. The fraction of sp³-hybridized carbons (Fsp3) is 0.667. The monoisotopic (exact) mass is 556 g/mol. The fourth-order valence-corrected chi connectivity index (χ4v) is 3.57. The van der Waals surface area contributed by atoms with Crippen LogP contribution in [0.15, 0.2) is 29.3 Å². The van der Waals surface area contributed by atoms with E-state index < -0.39 is 17.8 Å². The van der Waals surface area contributed by atoms with Gasteiger partial charge in [0.25, 0.3) is 0 Å². The van der Waals surface area contributed by atoms with Crippen molar-refractivity contribution in [2.45, 2.75) is 57.0 Å². The van der Waals surface area contributed by atoms with Crippen molar-refractivity contribution in [1.29, 1.82) is 0 Å². The van der Waals surface area contributed by atoms with Crippen LogP contribution in [-0.2, 0) is 6.18 Å². The van der Waals surface area contributed by atoms with Gasteiger partial charge in [-0.1, -0.05) is 6.07 Å². The molecule has 176 valence electrons. The second kappa shape index (κ2) is 12.1. The Hall–Kier alpha value is -1.27. The number of likely N-dealkylation sites (tertiary alicyclic amines) is 1. The third-order valence-electron chi connectivity index (χ3n) is 5.34. The van der Waals surface area contributed by atoms with E-state index in [4.69, 9.17) is 4.74 Å². The number of hydrogen-bond donors (Lipinski definition) is 3. The van der Waals surface area contributed by atoms with Crippen LogP contribution in [-0.4, -0.2) is 66.9 Å². The Labute approximate surface area is 198 Å². The highest BCUT2D eigenvalue weighted by Gasteiger charge is 2.32. The standard InChI is InChI=1S/C21H31F3N4O2.HI/c1-2-25-20(27-16-8-10-28(11-9-16)17-6-7-17)26-13-18(29)14-30-19-5-3-4-15(12-19)21(22,23)24;/h3-5,12,16-18,29H,2,6-11,13-14H2,1H3,(H2,25,26,27);1H. The van der Waals surface area contributed by atoms with Crippen LogP contribution in [0.2, 0.25) is 0 Å². The molecule has 1 aromatic carbocycles. The van der Waals surface area contributed by atoms with Gasteiger partial charge in [0.1, 0.15) is 18.5 Å². The van der Waals surface area contributed by atoms with Crippen molar-refractivity contribution in [3.05, 3.63) is 29.8 Å². The Morgan fingerprint density at radius 1 is 1.26 bits per heavy atom. The molecule has 1 aliphatic carbocycles. The number of ether oxygens (including phenoxy) is 1. The quantitative estimate of drug-likeness (QED) is 0.261. The lowest BCUT2D eigenvalue weighted by Gasteiger charge is -2.33. The van der Waals surface area contributed by atoms with E-state index in [2.05, 4.69) is 20.5 Å². The maximum Gasteiger partial charge on any atom is 0.416 e. The first kappa shape index (κ1) is 26.0. The molecule has 1 saturated carbocycles. The summed E-state index contributed by atoms with van der Waals surface area (Å²) in [6.07, 6.45) is -0.592. The zero-order valence-corrected chi connectivity index (χ0v) is 20.0. The number of rotatable bonds is 8. The van der Waals surface area contributed by atoms with Crippen molar-refractivity contribution < 1.29 is 23.0 Å². The highest BCUT2D eigenvalue weighted by molar-refractivity contribution is 14.0. The van der Waals surface area contributed by atoms with Crippen molar-refractivity contribution in [2.24, 2.45) is 4.99 Å². The molecule has 3 N–H and O–H groups in total. The van der Waals surface area contributed by atoms with E-state index >= 15 is 0 Å². The summed E-state index contributed by atoms with van der Waals surface area (Å²) < 4.78 is 43.6. The van der Waals surface area contributed by atoms with Crippen molar-refractivity contribution in [1.82, 2.24) is 15.5 Å². The smallest absolute Gasteiger partial charge is 0.416 e. The lowest BCUT2D eigenvalue weighted by molar-refractivity contribution is -0.137. The number of guanidine groups is 1. The average Bonchev–Trinajstić information content (AvgIpc) is 3.56. The van der Waals surface area contributed by atoms with Gasteiger partial charge in [-0.05, 0) is 50.8 Å². The van der Waals surface area contributed by atoms with E-state index in [1.807, 2.05) is 6.92 Å². The highest BCUT2D eigenvalue weighted by atomic mass is 127. The van der Waals surface area contributed by atoms with Gasteiger partial charge in [0, 0.05) is 31.7 Å². The van der Waals surface area contributed by atoms with E-state index in [9.17, 15) is 18.3 Å². The number of aliphatic hydroxyl groups excluding tert-OH is 1. The predicted octanol–water partition coefficient (Wildman–Crippen LogP) is 3.25. The summed E-state index contributed by atoms with van der Waals surface area (Å²) in [7, 11) is 0. The lowest BCUT2D eigenvalue weighted by atomic mass is 10.1. The Kier molecular flexibility index (Phi) is 10.1. The van der Waals surface area contributed by atoms with Gasteiger partial charge in [-0.15, -0.1) is 24.0 Å². The van der Waals surface area contributed by atoms with Gasteiger partial charge in [0.2, 0.25) is 0 Å². The van der Waals surface area contributed by atoms with E-state index in [1.54, 1.807) is 0 Å². The van der Waals surface area contributed by atoms with Crippen molar-refractivity contribution in [2.75, 3.05) is 32.8 Å². The average molecular weight is 556 g/mol. The molecular weight excluding hydrogens is 524 g/mol. The minimum atomic E-state index is -4.43. The largest absolute Gasteiger partial charge is 0.491 e. The topological polar surface area (TPSA) is 69.1 Å². The molecule has 6 nitrogen and oxygen atoms in total. The molecule has 0 bridgehead atoms. The van der Waals surface area contributed by atoms with E-state index in [0.29, 0.717) is 18.5 Å². The van der Waals surface area contributed by atoms with Gasteiger partial charge in [0.15, 0.2) is 5.96 Å². The minimum Gasteiger partial charge on any atom is -0.491 e. The number of hydrogen-bond acceptors (Lipinski definition) is 4. The molecule has 1 heterocycles. The molecule has 0 aromatic heterocycles. The maximum atomic E-state index is 12.8. The van der Waals surface area contributed by atoms with Crippen LogP contribution in [0.4, 0.5) is 13.2 Å². The fourth-order valence-electron chi connectivity index (χ4n) is 3.57. The maximum absolute atomic E-state index is 12.8. The molecule has 2 aliphatic rings.